The van der Waals surface area contributed by atoms with E-state index in [1.807, 2.05) is 30.3 Å². The molecule has 2 aromatic heterocycles. The minimum absolute atomic E-state index is 0.113. The number of rotatable bonds is 6. The van der Waals surface area contributed by atoms with Gasteiger partial charge in [0, 0.05) is 18.9 Å². The Morgan fingerprint density at radius 2 is 2.15 bits per heavy atom. The van der Waals surface area contributed by atoms with Crippen molar-refractivity contribution in [2.45, 2.75) is 44.9 Å². The number of aromatic nitrogens is 2. The molecule has 0 spiro atoms. The SMILES string of the molecule is Cc1cc(C2CCC2)oc(=O)c1C(=O)NCCCc1nc2ccccc2[nH]1. The van der Waals surface area contributed by atoms with Crippen LogP contribution in [0.4, 0.5) is 0 Å². The topological polar surface area (TPSA) is 88.0 Å². The van der Waals surface area contributed by atoms with E-state index in [0.717, 1.165) is 42.5 Å². The van der Waals surface area contributed by atoms with Crippen LogP contribution in [0.2, 0.25) is 0 Å². The third kappa shape index (κ3) is 3.65. The Kier molecular flexibility index (Phi) is 4.79. The lowest BCUT2D eigenvalue weighted by atomic mass is 9.83. The van der Waals surface area contributed by atoms with Crippen LogP contribution in [0.15, 0.2) is 39.5 Å². The van der Waals surface area contributed by atoms with Gasteiger partial charge in [-0.05, 0) is 49.9 Å². The smallest absolute Gasteiger partial charge is 0.349 e. The summed E-state index contributed by atoms with van der Waals surface area (Å²) in [7, 11) is 0. The maximum Gasteiger partial charge on any atom is 0.349 e. The van der Waals surface area contributed by atoms with E-state index in [0.29, 0.717) is 23.8 Å². The molecule has 140 valence electrons. The predicted molar refractivity (Wildman–Crippen MR) is 103 cm³/mol. The van der Waals surface area contributed by atoms with E-state index in [2.05, 4.69) is 15.3 Å². The summed E-state index contributed by atoms with van der Waals surface area (Å²) >= 11 is 0. The summed E-state index contributed by atoms with van der Waals surface area (Å²) < 4.78 is 5.39. The fourth-order valence-corrected chi connectivity index (χ4v) is 3.47. The second-order valence-electron chi connectivity index (χ2n) is 7.18. The maximum atomic E-state index is 12.4. The third-order valence-electron chi connectivity index (χ3n) is 5.22. The number of fused-ring (bicyclic) bond motifs is 1. The Balaban J connectivity index is 1.34. The zero-order valence-electron chi connectivity index (χ0n) is 15.4. The van der Waals surface area contributed by atoms with Crippen molar-refractivity contribution < 1.29 is 9.21 Å². The number of aryl methyl sites for hydroxylation is 2. The van der Waals surface area contributed by atoms with Crippen molar-refractivity contribution in [2.24, 2.45) is 0 Å². The highest BCUT2D eigenvalue weighted by Gasteiger charge is 2.25. The van der Waals surface area contributed by atoms with Crippen molar-refractivity contribution in [3.63, 3.8) is 0 Å². The first kappa shape index (κ1) is 17.5. The summed E-state index contributed by atoms with van der Waals surface area (Å²) in [6, 6.07) is 9.72. The van der Waals surface area contributed by atoms with Gasteiger partial charge in [-0.3, -0.25) is 4.79 Å². The molecule has 6 nitrogen and oxygen atoms in total. The molecular weight excluding hydrogens is 342 g/mol. The van der Waals surface area contributed by atoms with E-state index in [1.54, 1.807) is 6.92 Å². The van der Waals surface area contributed by atoms with Gasteiger partial charge < -0.3 is 14.7 Å². The van der Waals surface area contributed by atoms with Gasteiger partial charge in [0.25, 0.3) is 5.91 Å². The number of carbonyl (C=O) groups is 1. The number of hydrogen-bond donors (Lipinski definition) is 2. The summed E-state index contributed by atoms with van der Waals surface area (Å²) in [5.74, 6) is 1.57. The number of carbonyl (C=O) groups excluding carboxylic acids is 1. The fourth-order valence-electron chi connectivity index (χ4n) is 3.47. The highest BCUT2D eigenvalue weighted by Crippen LogP contribution is 2.36. The van der Waals surface area contributed by atoms with Crippen molar-refractivity contribution in [1.82, 2.24) is 15.3 Å². The van der Waals surface area contributed by atoms with Crippen LogP contribution in [0.5, 0.6) is 0 Å². The van der Waals surface area contributed by atoms with Crippen LogP contribution in [-0.2, 0) is 6.42 Å². The lowest BCUT2D eigenvalue weighted by Crippen LogP contribution is -2.31. The highest BCUT2D eigenvalue weighted by molar-refractivity contribution is 5.95. The van der Waals surface area contributed by atoms with Crippen molar-refractivity contribution in [3.05, 3.63) is 63.5 Å². The van der Waals surface area contributed by atoms with Crippen LogP contribution in [0.1, 0.15) is 59.1 Å². The molecule has 0 radical (unpaired) electrons. The molecule has 1 fully saturated rings. The molecule has 0 saturated heterocycles. The van der Waals surface area contributed by atoms with Crippen molar-refractivity contribution in [1.29, 1.82) is 0 Å². The predicted octanol–water partition coefficient (Wildman–Crippen LogP) is 3.45. The first-order chi connectivity index (χ1) is 13.1. The van der Waals surface area contributed by atoms with Gasteiger partial charge in [-0.2, -0.15) is 0 Å². The monoisotopic (exact) mass is 365 g/mol. The molecule has 0 bridgehead atoms. The first-order valence-corrected chi connectivity index (χ1v) is 9.48. The summed E-state index contributed by atoms with van der Waals surface area (Å²) in [5.41, 5.74) is 2.21. The Hall–Kier alpha value is -2.89. The molecule has 27 heavy (non-hydrogen) atoms. The average molecular weight is 365 g/mol. The number of H-pyrrole nitrogens is 1. The molecule has 1 aliphatic rings. The number of benzene rings is 1. The molecule has 2 N–H and O–H groups in total. The van der Waals surface area contributed by atoms with Crippen LogP contribution >= 0.6 is 0 Å². The molecule has 2 heterocycles. The van der Waals surface area contributed by atoms with E-state index >= 15 is 0 Å². The number of nitrogens with zero attached hydrogens (tertiary/aromatic N) is 1. The molecule has 1 saturated carbocycles. The highest BCUT2D eigenvalue weighted by atomic mass is 16.4. The lowest BCUT2D eigenvalue weighted by Gasteiger charge is -2.24. The molecule has 0 unspecified atom stereocenters. The second-order valence-corrected chi connectivity index (χ2v) is 7.18. The van der Waals surface area contributed by atoms with Crippen LogP contribution in [0, 0.1) is 6.92 Å². The average Bonchev–Trinajstić information content (AvgIpc) is 2.99. The zero-order valence-corrected chi connectivity index (χ0v) is 15.4. The van der Waals surface area contributed by atoms with E-state index in [-0.39, 0.29) is 11.5 Å². The summed E-state index contributed by atoms with van der Waals surface area (Å²) in [6.07, 6.45) is 4.73. The number of nitrogens with one attached hydrogen (secondary N) is 2. The standard InChI is InChI=1S/C21H23N3O3/c1-13-12-17(14-6-4-7-14)27-21(26)19(13)20(25)22-11-5-10-18-23-15-8-2-3-9-16(15)24-18/h2-3,8-9,12,14H,4-7,10-11H2,1H3,(H,22,25)(H,23,24). The first-order valence-electron chi connectivity index (χ1n) is 9.48. The van der Waals surface area contributed by atoms with Gasteiger partial charge >= 0.3 is 5.63 Å². The Bertz CT molecular complexity index is 998. The van der Waals surface area contributed by atoms with Gasteiger partial charge in [-0.1, -0.05) is 18.6 Å². The van der Waals surface area contributed by atoms with Gasteiger partial charge in [-0.15, -0.1) is 0 Å². The number of para-hydroxylation sites is 2. The van der Waals surface area contributed by atoms with E-state index in [9.17, 15) is 9.59 Å². The number of amides is 1. The molecule has 3 aromatic rings. The molecule has 1 amide bonds. The largest absolute Gasteiger partial charge is 0.427 e. The Morgan fingerprint density at radius 3 is 2.85 bits per heavy atom. The van der Waals surface area contributed by atoms with E-state index in [1.165, 1.54) is 6.42 Å². The molecule has 4 rings (SSSR count). The lowest BCUT2D eigenvalue weighted by molar-refractivity contribution is 0.0947. The quantitative estimate of drug-likeness (QED) is 0.655. The summed E-state index contributed by atoms with van der Waals surface area (Å²) in [5, 5.41) is 2.82. The molecular formula is C21H23N3O3. The molecule has 1 aliphatic carbocycles. The van der Waals surface area contributed by atoms with Crippen LogP contribution in [-0.4, -0.2) is 22.4 Å². The molecule has 0 aliphatic heterocycles. The minimum atomic E-state index is -0.535. The second kappa shape index (κ2) is 7.39. The van der Waals surface area contributed by atoms with Crippen molar-refractivity contribution in [2.75, 3.05) is 6.54 Å². The van der Waals surface area contributed by atoms with Gasteiger partial charge in [0.1, 0.15) is 17.1 Å². The van der Waals surface area contributed by atoms with Gasteiger partial charge in [0.2, 0.25) is 0 Å². The molecule has 0 atom stereocenters. The van der Waals surface area contributed by atoms with Crippen molar-refractivity contribution in [3.8, 4) is 0 Å². The van der Waals surface area contributed by atoms with Gasteiger partial charge in [0.15, 0.2) is 0 Å². The number of imidazole rings is 1. The van der Waals surface area contributed by atoms with Crippen molar-refractivity contribution >= 4 is 16.9 Å². The van der Waals surface area contributed by atoms with E-state index < -0.39 is 5.63 Å². The third-order valence-corrected chi connectivity index (χ3v) is 5.22. The summed E-state index contributed by atoms with van der Waals surface area (Å²) in [6.45, 7) is 2.27. The zero-order chi connectivity index (χ0) is 18.8. The Morgan fingerprint density at radius 1 is 1.33 bits per heavy atom. The fraction of sp³-hybridized carbons (Fsp3) is 0.381. The number of aromatic amines is 1. The van der Waals surface area contributed by atoms with Gasteiger partial charge in [0.05, 0.1) is 11.0 Å². The molecule has 6 heteroatoms. The normalized spacial score (nSPS) is 14.3. The number of hydrogen-bond acceptors (Lipinski definition) is 4. The van der Waals surface area contributed by atoms with Gasteiger partial charge in [-0.25, -0.2) is 9.78 Å². The van der Waals surface area contributed by atoms with Crippen LogP contribution < -0.4 is 10.9 Å². The van der Waals surface area contributed by atoms with E-state index in [4.69, 9.17) is 4.42 Å². The van der Waals surface area contributed by atoms with Crippen LogP contribution in [0.3, 0.4) is 0 Å². The summed E-state index contributed by atoms with van der Waals surface area (Å²) in [4.78, 5) is 32.5. The Labute approximate surface area is 157 Å². The van der Waals surface area contributed by atoms with Crippen LogP contribution in [0.25, 0.3) is 11.0 Å². The molecule has 1 aromatic carbocycles. The maximum absolute atomic E-state index is 12.4. The minimum Gasteiger partial charge on any atom is -0.427 e.